The van der Waals surface area contributed by atoms with Gasteiger partial charge in [0.2, 0.25) is 0 Å². The van der Waals surface area contributed by atoms with Crippen molar-refractivity contribution in [2.45, 2.75) is 19.4 Å². The molecule has 0 aliphatic carbocycles. The molecule has 4 heterocycles. The van der Waals surface area contributed by atoms with E-state index in [4.69, 9.17) is 5.73 Å². The predicted molar refractivity (Wildman–Crippen MR) is 135 cm³/mol. The van der Waals surface area contributed by atoms with E-state index in [1.54, 1.807) is 39.4 Å². The van der Waals surface area contributed by atoms with Gasteiger partial charge < -0.3 is 16.0 Å². The fraction of sp³-hybridized carbons (Fsp3) is 0.240. The van der Waals surface area contributed by atoms with Crippen LogP contribution >= 0.6 is 11.3 Å². The standard InChI is InChI=1S/C25H25N7O2S/c1-15-10-28-24(35-15)16-3-5-17(6-4-16)25(34)32-8-7-20(14-32)30-23(33)21-9-18(11-27-22(21)26)19-12-29-31(2)13-19/h3-6,9-13,20H,7-8,14H2,1-2H3,(H2,26,27)(H,30,33)/t20-/m1/s1. The third-order valence-electron chi connectivity index (χ3n) is 6.01. The average molecular weight is 488 g/mol. The molecule has 4 aromatic rings. The molecule has 1 aliphatic rings. The number of nitrogens with zero attached hydrogens (tertiary/aromatic N) is 5. The molecular formula is C25H25N7O2S. The minimum absolute atomic E-state index is 0.0524. The van der Waals surface area contributed by atoms with E-state index in [0.717, 1.165) is 26.6 Å². The highest BCUT2D eigenvalue weighted by atomic mass is 32.1. The molecule has 3 N–H and O–H groups in total. The van der Waals surface area contributed by atoms with E-state index in [0.29, 0.717) is 30.6 Å². The first-order valence-corrected chi connectivity index (χ1v) is 12.1. The molecule has 178 valence electrons. The van der Waals surface area contributed by atoms with Crippen LogP contribution in [-0.4, -0.2) is 55.6 Å². The third kappa shape index (κ3) is 4.78. The number of nitrogens with two attached hydrogens (primary N) is 1. The first-order valence-electron chi connectivity index (χ1n) is 11.2. The molecule has 3 aromatic heterocycles. The Morgan fingerprint density at radius 3 is 2.57 bits per heavy atom. The van der Waals surface area contributed by atoms with Gasteiger partial charge in [0.15, 0.2) is 0 Å². The molecule has 0 radical (unpaired) electrons. The van der Waals surface area contributed by atoms with Crippen molar-refractivity contribution in [1.29, 1.82) is 0 Å². The molecule has 5 rings (SSSR count). The Balaban J connectivity index is 1.23. The van der Waals surface area contributed by atoms with Crippen molar-refractivity contribution in [2.75, 3.05) is 18.8 Å². The lowest BCUT2D eigenvalue weighted by Crippen LogP contribution is -2.38. The van der Waals surface area contributed by atoms with Gasteiger partial charge in [-0.3, -0.25) is 14.3 Å². The monoisotopic (exact) mass is 487 g/mol. The van der Waals surface area contributed by atoms with Crippen LogP contribution in [0.5, 0.6) is 0 Å². The topological polar surface area (TPSA) is 119 Å². The van der Waals surface area contributed by atoms with Crippen LogP contribution in [0, 0.1) is 6.92 Å². The Hall–Kier alpha value is -4.05. The van der Waals surface area contributed by atoms with Gasteiger partial charge in [-0.25, -0.2) is 9.97 Å². The summed E-state index contributed by atoms with van der Waals surface area (Å²) in [6.45, 7) is 3.03. The van der Waals surface area contributed by atoms with Gasteiger partial charge in [0.25, 0.3) is 11.8 Å². The van der Waals surface area contributed by atoms with Gasteiger partial charge in [-0.1, -0.05) is 12.1 Å². The molecule has 0 spiro atoms. The Labute approximate surface area is 206 Å². The van der Waals surface area contributed by atoms with Crippen LogP contribution in [-0.2, 0) is 7.05 Å². The Morgan fingerprint density at radius 1 is 1.09 bits per heavy atom. The van der Waals surface area contributed by atoms with Crippen LogP contribution in [0.2, 0.25) is 0 Å². The maximum absolute atomic E-state index is 13.0. The van der Waals surface area contributed by atoms with Crippen molar-refractivity contribution in [3.05, 3.63) is 71.1 Å². The van der Waals surface area contributed by atoms with E-state index >= 15 is 0 Å². The highest BCUT2D eigenvalue weighted by Crippen LogP contribution is 2.26. The molecule has 9 nitrogen and oxygen atoms in total. The van der Waals surface area contributed by atoms with E-state index in [-0.39, 0.29) is 23.7 Å². The second-order valence-corrected chi connectivity index (χ2v) is 9.86. The van der Waals surface area contributed by atoms with Gasteiger partial charge in [-0.15, -0.1) is 11.3 Å². The van der Waals surface area contributed by atoms with Crippen molar-refractivity contribution in [3.8, 4) is 21.7 Å². The molecule has 0 saturated carbocycles. The fourth-order valence-electron chi connectivity index (χ4n) is 4.14. The zero-order valence-electron chi connectivity index (χ0n) is 19.4. The first-order chi connectivity index (χ1) is 16.9. The maximum Gasteiger partial charge on any atom is 0.255 e. The van der Waals surface area contributed by atoms with Gasteiger partial charge >= 0.3 is 0 Å². The number of hydrogen-bond donors (Lipinski definition) is 2. The molecule has 1 aromatic carbocycles. The van der Waals surface area contributed by atoms with Crippen molar-refractivity contribution < 1.29 is 9.59 Å². The van der Waals surface area contributed by atoms with Crippen LogP contribution < -0.4 is 11.1 Å². The molecular weight excluding hydrogens is 462 g/mol. The number of nitrogen functional groups attached to an aromatic ring is 1. The number of aromatic nitrogens is 4. The van der Waals surface area contributed by atoms with Crippen LogP contribution in [0.15, 0.2) is 55.1 Å². The second kappa shape index (κ2) is 9.30. The molecule has 2 amide bonds. The molecule has 35 heavy (non-hydrogen) atoms. The number of anilines is 1. The Bertz CT molecular complexity index is 1390. The first kappa shape index (κ1) is 22.7. The summed E-state index contributed by atoms with van der Waals surface area (Å²) in [4.78, 5) is 37.5. The molecule has 1 aliphatic heterocycles. The molecule has 0 bridgehead atoms. The number of benzene rings is 1. The summed E-state index contributed by atoms with van der Waals surface area (Å²) in [5, 5.41) is 8.11. The maximum atomic E-state index is 13.0. The largest absolute Gasteiger partial charge is 0.383 e. The van der Waals surface area contributed by atoms with Crippen molar-refractivity contribution in [1.82, 2.24) is 30.0 Å². The number of pyridine rings is 1. The van der Waals surface area contributed by atoms with E-state index in [1.165, 1.54) is 0 Å². The van der Waals surface area contributed by atoms with Crippen LogP contribution in [0.4, 0.5) is 5.82 Å². The Kier molecular flexibility index (Phi) is 6.04. The summed E-state index contributed by atoms with van der Waals surface area (Å²) < 4.78 is 1.68. The van der Waals surface area contributed by atoms with Gasteiger partial charge in [0, 0.05) is 71.9 Å². The van der Waals surface area contributed by atoms with Crippen LogP contribution in [0.25, 0.3) is 21.7 Å². The van der Waals surface area contributed by atoms with Crippen molar-refractivity contribution >= 4 is 29.0 Å². The number of likely N-dealkylation sites (tertiary alicyclic amines) is 1. The number of carbonyl (C=O) groups excluding carboxylic acids is 2. The summed E-state index contributed by atoms with van der Waals surface area (Å²) in [6.07, 6.45) is 7.69. The quantitative estimate of drug-likeness (QED) is 0.446. The molecule has 0 unspecified atom stereocenters. The number of thiazole rings is 1. The number of amides is 2. The zero-order chi connectivity index (χ0) is 24.5. The second-order valence-electron chi connectivity index (χ2n) is 8.62. The number of nitrogens with one attached hydrogen (secondary N) is 1. The summed E-state index contributed by atoms with van der Waals surface area (Å²) >= 11 is 1.62. The van der Waals surface area contributed by atoms with E-state index in [1.807, 2.05) is 50.6 Å². The summed E-state index contributed by atoms with van der Waals surface area (Å²) in [6, 6.07) is 9.06. The van der Waals surface area contributed by atoms with Crippen molar-refractivity contribution in [3.63, 3.8) is 0 Å². The summed E-state index contributed by atoms with van der Waals surface area (Å²) in [7, 11) is 1.82. The van der Waals surface area contributed by atoms with Crippen LogP contribution in [0.1, 0.15) is 32.0 Å². The SMILES string of the molecule is Cc1cnc(-c2ccc(C(=O)N3CC[C@@H](NC(=O)c4cc(-c5cnn(C)c5)cnc4N)C3)cc2)s1. The number of hydrogen-bond acceptors (Lipinski definition) is 7. The lowest BCUT2D eigenvalue weighted by molar-refractivity contribution is 0.0783. The minimum Gasteiger partial charge on any atom is -0.383 e. The van der Waals surface area contributed by atoms with Crippen LogP contribution in [0.3, 0.4) is 0 Å². The Morgan fingerprint density at radius 2 is 1.89 bits per heavy atom. The number of carbonyl (C=O) groups is 2. The molecule has 10 heteroatoms. The number of aryl methyl sites for hydroxylation is 2. The van der Waals surface area contributed by atoms with Crippen molar-refractivity contribution in [2.24, 2.45) is 7.05 Å². The number of rotatable bonds is 5. The van der Waals surface area contributed by atoms with Gasteiger partial charge in [-0.2, -0.15) is 5.10 Å². The summed E-state index contributed by atoms with van der Waals surface area (Å²) in [5.41, 5.74) is 9.52. The molecule has 1 fully saturated rings. The summed E-state index contributed by atoms with van der Waals surface area (Å²) in [5.74, 6) is -0.192. The average Bonchev–Trinajstić information content (AvgIpc) is 3.60. The van der Waals surface area contributed by atoms with Gasteiger partial charge in [0.1, 0.15) is 10.8 Å². The minimum atomic E-state index is -0.303. The third-order valence-corrected chi connectivity index (χ3v) is 6.97. The fourth-order valence-corrected chi connectivity index (χ4v) is 4.91. The highest BCUT2D eigenvalue weighted by molar-refractivity contribution is 7.14. The predicted octanol–water partition coefficient (Wildman–Crippen LogP) is 3.14. The van der Waals surface area contributed by atoms with E-state index in [2.05, 4.69) is 20.4 Å². The lowest BCUT2D eigenvalue weighted by atomic mass is 10.1. The smallest absolute Gasteiger partial charge is 0.255 e. The van der Waals surface area contributed by atoms with E-state index in [9.17, 15) is 9.59 Å². The normalized spacial score (nSPS) is 15.4. The zero-order valence-corrected chi connectivity index (χ0v) is 20.2. The lowest BCUT2D eigenvalue weighted by Gasteiger charge is -2.18. The highest BCUT2D eigenvalue weighted by Gasteiger charge is 2.29. The van der Waals surface area contributed by atoms with E-state index < -0.39 is 0 Å². The molecule has 1 atom stereocenters. The van der Waals surface area contributed by atoms with Gasteiger partial charge in [-0.05, 0) is 31.5 Å². The van der Waals surface area contributed by atoms with Gasteiger partial charge in [0.05, 0.1) is 11.8 Å². The molecule has 1 saturated heterocycles.